The second-order valence-electron chi connectivity index (χ2n) is 5.73. The van der Waals surface area contributed by atoms with E-state index in [0.29, 0.717) is 5.92 Å². The molecule has 2 aromatic rings. The minimum absolute atomic E-state index is 0. The first kappa shape index (κ1) is 18.3. The Balaban J connectivity index is 0.00000192. The van der Waals surface area contributed by atoms with Gasteiger partial charge in [-0.2, -0.15) is 11.3 Å². The molecular weight excluding hydrogens is 417 g/mol. The summed E-state index contributed by atoms with van der Waals surface area (Å²) in [6, 6.07) is 11.0. The first-order valence-electron chi connectivity index (χ1n) is 7.90. The smallest absolute Gasteiger partial charge is 0.191 e. The van der Waals surface area contributed by atoms with Crippen LogP contribution in [0.2, 0.25) is 0 Å². The highest BCUT2D eigenvalue weighted by Crippen LogP contribution is 2.30. The number of guanidine groups is 1. The van der Waals surface area contributed by atoms with Crippen molar-refractivity contribution in [3.8, 4) is 0 Å². The summed E-state index contributed by atoms with van der Waals surface area (Å²) >= 11 is 1.73. The van der Waals surface area contributed by atoms with Crippen LogP contribution in [0, 0.1) is 0 Å². The monoisotopic (exact) mass is 441 g/mol. The normalized spacial score (nSPS) is 17.1. The Hall–Kier alpha value is -1.08. The maximum atomic E-state index is 4.33. The summed E-state index contributed by atoms with van der Waals surface area (Å²) in [5.74, 6) is 1.47. The topological polar surface area (TPSA) is 36.4 Å². The van der Waals surface area contributed by atoms with Crippen molar-refractivity contribution in [2.24, 2.45) is 4.99 Å². The molecule has 0 aliphatic heterocycles. The Bertz CT molecular complexity index is 625. The van der Waals surface area contributed by atoms with Gasteiger partial charge in [0.15, 0.2) is 5.96 Å². The molecule has 0 bridgehead atoms. The van der Waals surface area contributed by atoms with Gasteiger partial charge < -0.3 is 10.6 Å². The Morgan fingerprint density at radius 1 is 1.26 bits per heavy atom. The van der Waals surface area contributed by atoms with Crippen molar-refractivity contribution < 1.29 is 0 Å². The zero-order valence-corrected chi connectivity index (χ0v) is 16.6. The molecule has 1 unspecified atom stereocenters. The third kappa shape index (κ3) is 4.94. The third-order valence-electron chi connectivity index (χ3n) is 4.27. The Kier molecular flexibility index (Phi) is 7.36. The van der Waals surface area contributed by atoms with E-state index in [1.54, 1.807) is 11.3 Å². The van der Waals surface area contributed by atoms with Crippen LogP contribution in [-0.2, 0) is 13.0 Å². The number of aryl methyl sites for hydroxylation is 1. The minimum Gasteiger partial charge on any atom is -0.356 e. The quantitative estimate of drug-likeness (QED) is 0.425. The van der Waals surface area contributed by atoms with Gasteiger partial charge in [-0.3, -0.25) is 4.99 Å². The van der Waals surface area contributed by atoms with E-state index in [1.165, 1.54) is 36.0 Å². The van der Waals surface area contributed by atoms with Crippen molar-refractivity contribution >= 4 is 41.3 Å². The second kappa shape index (κ2) is 9.27. The zero-order valence-electron chi connectivity index (χ0n) is 13.4. The Morgan fingerprint density at radius 2 is 2.13 bits per heavy atom. The molecule has 0 amide bonds. The third-order valence-corrected chi connectivity index (χ3v) is 5.01. The van der Waals surface area contributed by atoms with Gasteiger partial charge in [-0.05, 0) is 52.8 Å². The van der Waals surface area contributed by atoms with Crippen LogP contribution in [-0.4, -0.2) is 19.6 Å². The molecule has 1 heterocycles. The van der Waals surface area contributed by atoms with Crippen LogP contribution < -0.4 is 10.6 Å². The van der Waals surface area contributed by atoms with Crippen LogP contribution in [0.5, 0.6) is 0 Å². The molecule has 3 nitrogen and oxygen atoms in total. The van der Waals surface area contributed by atoms with Crippen LogP contribution >= 0.6 is 35.3 Å². The van der Waals surface area contributed by atoms with E-state index < -0.39 is 0 Å². The van der Waals surface area contributed by atoms with Gasteiger partial charge in [-0.25, -0.2) is 0 Å². The van der Waals surface area contributed by atoms with E-state index in [0.717, 1.165) is 19.0 Å². The molecular formula is C18H24IN3S. The van der Waals surface area contributed by atoms with Crippen LogP contribution in [0.4, 0.5) is 0 Å². The zero-order chi connectivity index (χ0) is 15.2. The number of benzene rings is 1. The standard InChI is InChI=1S/C18H23N3S.HI/c1-19-18(20-11-14-9-10-22-13-14)21-12-16-7-4-6-15-5-2-3-8-17(15)16;/h2-3,5,8-10,13,16H,4,6-7,11-12H2,1H3,(H2,19,20,21);1H. The van der Waals surface area contributed by atoms with Gasteiger partial charge in [0.25, 0.3) is 0 Å². The molecule has 0 fully saturated rings. The maximum absolute atomic E-state index is 4.33. The number of halogens is 1. The number of rotatable bonds is 4. The average molecular weight is 441 g/mol. The van der Waals surface area contributed by atoms with Gasteiger partial charge in [-0.15, -0.1) is 24.0 Å². The van der Waals surface area contributed by atoms with Gasteiger partial charge in [-0.1, -0.05) is 24.3 Å². The summed E-state index contributed by atoms with van der Waals surface area (Å²) in [5.41, 5.74) is 4.33. The van der Waals surface area contributed by atoms with E-state index in [-0.39, 0.29) is 24.0 Å². The molecule has 3 rings (SSSR count). The number of fused-ring (bicyclic) bond motifs is 1. The molecule has 0 saturated carbocycles. The van der Waals surface area contributed by atoms with Gasteiger partial charge in [0.2, 0.25) is 0 Å². The minimum atomic E-state index is 0. The largest absolute Gasteiger partial charge is 0.356 e. The lowest BCUT2D eigenvalue weighted by molar-refractivity contribution is 0.539. The van der Waals surface area contributed by atoms with E-state index >= 15 is 0 Å². The van der Waals surface area contributed by atoms with E-state index in [4.69, 9.17) is 0 Å². The van der Waals surface area contributed by atoms with Crippen molar-refractivity contribution in [3.05, 3.63) is 57.8 Å². The molecule has 1 aromatic carbocycles. The summed E-state index contributed by atoms with van der Waals surface area (Å²) < 4.78 is 0. The molecule has 5 heteroatoms. The summed E-state index contributed by atoms with van der Waals surface area (Å²) in [7, 11) is 1.83. The summed E-state index contributed by atoms with van der Waals surface area (Å²) in [5, 5.41) is 11.1. The van der Waals surface area contributed by atoms with Gasteiger partial charge >= 0.3 is 0 Å². The predicted octanol–water partition coefficient (Wildman–Crippen LogP) is 4.15. The van der Waals surface area contributed by atoms with Crippen molar-refractivity contribution in [2.75, 3.05) is 13.6 Å². The highest BCUT2D eigenvalue weighted by atomic mass is 127. The molecule has 0 radical (unpaired) electrons. The van der Waals surface area contributed by atoms with Gasteiger partial charge in [0, 0.05) is 26.1 Å². The van der Waals surface area contributed by atoms with Crippen molar-refractivity contribution in [2.45, 2.75) is 31.7 Å². The van der Waals surface area contributed by atoms with Gasteiger partial charge in [0.05, 0.1) is 0 Å². The van der Waals surface area contributed by atoms with Crippen LogP contribution in [0.15, 0.2) is 46.1 Å². The molecule has 2 N–H and O–H groups in total. The summed E-state index contributed by atoms with van der Waals surface area (Å²) in [6.07, 6.45) is 3.76. The lowest BCUT2D eigenvalue weighted by Gasteiger charge is -2.26. The number of hydrogen-bond acceptors (Lipinski definition) is 2. The lowest BCUT2D eigenvalue weighted by atomic mass is 9.83. The average Bonchev–Trinajstić information content (AvgIpc) is 3.08. The van der Waals surface area contributed by atoms with Crippen LogP contribution in [0.3, 0.4) is 0 Å². The van der Waals surface area contributed by atoms with E-state index in [9.17, 15) is 0 Å². The van der Waals surface area contributed by atoms with Crippen molar-refractivity contribution in [3.63, 3.8) is 0 Å². The fraction of sp³-hybridized carbons (Fsp3) is 0.389. The second-order valence-corrected chi connectivity index (χ2v) is 6.51. The molecule has 1 atom stereocenters. The van der Waals surface area contributed by atoms with Crippen molar-refractivity contribution in [1.82, 2.24) is 10.6 Å². The maximum Gasteiger partial charge on any atom is 0.191 e. The fourth-order valence-corrected chi connectivity index (χ4v) is 3.75. The van der Waals surface area contributed by atoms with E-state index in [1.807, 2.05) is 7.05 Å². The highest BCUT2D eigenvalue weighted by Gasteiger charge is 2.19. The fourth-order valence-electron chi connectivity index (χ4n) is 3.09. The van der Waals surface area contributed by atoms with Crippen LogP contribution in [0.25, 0.3) is 0 Å². The number of nitrogens with zero attached hydrogens (tertiary/aromatic N) is 1. The highest BCUT2D eigenvalue weighted by molar-refractivity contribution is 14.0. The Morgan fingerprint density at radius 3 is 2.91 bits per heavy atom. The summed E-state index contributed by atoms with van der Waals surface area (Å²) in [6.45, 7) is 1.77. The summed E-state index contributed by atoms with van der Waals surface area (Å²) in [4.78, 5) is 4.33. The predicted molar refractivity (Wildman–Crippen MR) is 110 cm³/mol. The molecule has 0 saturated heterocycles. The number of nitrogens with one attached hydrogen (secondary N) is 2. The Labute approximate surface area is 159 Å². The number of thiophene rings is 1. The van der Waals surface area contributed by atoms with Gasteiger partial charge in [0.1, 0.15) is 0 Å². The molecule has 1 aromatic heterocycles. The molecule has 124 valence electrons. The first-order valence-corrected chi connectivity index (χ1v) is 8.84. The first-order chi connectivity index (χ1) is 10.9. The number of hydrogen-bond donors (Lipinski definition) is 2. The molecule has 1 aliphatic rings. The lowest BCUT2D eigenvalue weighted by Crippen LogP contribution is -2.39. The van der Waals surface area contributed by atoms with E-state index in [2.05, 4.69) is 56.7 Å². The molecule has 1 aliphatic carbocycles. The number of aliphatic imine (C=N–C) groups is 1. The molecule has 0 spiro atoms. The van der Waals surface area contributed by atoms with Crippen molar-refractivity contribution in [1.29, 1.82) is 0 Å². The van der Waals surface area contributed by atoms with Crippen LogP contribution in [0.1, 0.15) is 35.4 Å². The molecule has 23 heavy (non-hydrogen) atoms. The SMILES string of the molecule is CN=C(NCc1ccsc1)NCC1CCCc2ccccc21.I.